The Morgan fingerprint density at radius 3 is 2.68 bits per heavy atom. The number of thiazole rings is 1. The molecule has 4 rings (SSSR count). The second-order valence-corrected chi connectivity index (χ2v) is 8.15. The van der Waals surface area contributed by atoms with Gasteiger partial charge in [0.2, 0.25) is 0 Å². The molecule has 0 radical (unpaired) electrons. The lowest BCUT2D eigenvalue weighted by Crippen LogP contribution is -2.13. The average molecular weight is 453 g/mol. The summed E-state index contributed by atoms with van der Waals surface area (Å²) in [6.07, 6.45) is 0. The summed E-state index contributed by atoms with van der Waals surface area (Å²) in [7, 11) is 1.59. The molecule has 1 aromatic heterocycles. The van der Waals surface area contributed by atoms with Crippen LogP contribution in [0.4, 0.5) is 5.69 Å². The molecule has 1 heterocycles. The number of rotatable bonds is 4. The van der Waals surface area contributed by atoms with Crippen molar-refractivity contribution in [1.82, 2.24) is 4.98 Å². The van der Waals surface area contributed by atoms with Gasteiger partial charge < -0.3 is 10.1 Å². The number of halogens is 1. The SMILES string of the molecule is COc1ccc(C(=O)Nc2cccc(-c3nc4ccccc4s3)c2C)cc1Br. The molecule has 0 saturated carbocycles. The number of para-hydroxylation sites is 1. The fourth-order valence-corrected chi connectivity index (χ4v) is 4.58. The molecular weight excluding hydrogens is 436 g/mol. The molecular formula is C22H17BrN2O2S. The van der Waals surface area contributed by atoms with Crippen molar-refractivity contribution in [1.29, 1.82) is 0 Å². The molecule has 0 atom stereocenters. The molecule has 0 aliphatic carbocycles. The Morgan fingerprint density at radius 2 is 1.93 bits per heavy atom. The molecule has 1 N–H and O–H groups in total. The maximum absolute atomic E-state index is 12.7. The molecule has 3 aromatic carbocycles. The van der Waals surface area contributed by atoms with Crippen LogP contribution in [0.15, 0.2) is 65.1 Å². The summed E-state index contributed by atoms with van der Waals surface area (Å²) in [5, 5.41) is 3.96. The number of nitrogens with zero attached hydrogens (tertiary/aromatic N) is 1. The number of fused-ring (bicyclic) bond motifs is 1. The van der Waals surface area contributed by atoms with E-state index in [1.54, 1.807) is 36.6 Å². The van der Waals surface area contributed by atoms with Crippen molar-refractivity contribution in [2.24, 2.45) is 0 Å². The van der Waals surface area contributed by atoms with Gasteiger partial charge in [0.15, 0.2) is 0 Å². The summed E-state index contributed by atoms with van der Waals surface area (Å²) in [5.74, 6) is 0.512. The molecule has 28 heavy (non-hydrogen) atoms. The minimum atomic E-state index is -0.173. The van der Waals surface area contributed by atoms with Crippen LogP contribution in [0.3, 0.4) is 0 Å². The topological polar surface area (TPSA) is 51.2 Å². The average Bonchev–Trinajstić information content (AvgIpc) is 3.13. The lowest BCUT2D eigenvalue weighted by Gasteiger charge is -2.12. The Hall–Kier alpha value is -2.70. The Labute approximate surface area is 175 Å². The Kier molecular flexibility index (Phi) is 5.15. The van der Waals surface area contributed by atoms with Gasteiger partial charge in [0.25, 0.3) is 5.91 Å². The number of hydrogen-bond donors (Lipinski definition) is 1. The molecule has 1 amide bonds. The molecule has 4 nitrogen and oxygen atoms in total. The van der Waals surface area contributed by atoms with Crippen LogP contribution in [0, 0.1) is 6.92 Å². The predicted octanol–water partition coefficient (Wildman–Crippen LogP) is 6.30. The van der Waals surface area contributed by atoms with Crippen molar-refractivity contribution in [2.45, 2.75) is 6.92 Å². The highest BCUT2D eigenvalue weighted by Crippen LogP contribution is 2.34. The fourth-order valence-electron chi connectivity index (χ4n) is 2.99. The number of carbonyl (C=O) groups is 1. The predicted molar refractivity (Wildman–Crippen MR) is 118 cm³/mol. The van der Waals surface area contributed by atoms with Crippen molar-refractivity contribution < 1.29 is 9.53 Å². The van der Waals surface area contributed by atoms with Gasteiger partial charge in [-0.05, 0) is 64.8 Å². The second kappa shape index (κ2) is 7.73. The lowest BCUT2D eigenvalue weighted by atomic mass is 10.1. The number of hydrogen-bond acceptors (Lipinski definition) is 4. The zero-order valence-electron chi connectivity index (χ0n) is 15.3. The van der Waals surface area contributed by atoms with Crippen molar-refractivity contribution in [3.8, 4) is 16.3 Å². The van der Waals surface area contributed by atoms with E-state index in [1.165, 1.54) is 0 Å². The summed E-state index contributed by atoms with van der Waals surface area (Å²) in [6.45, 7) is 2.00. The summed E-state index contributed by atoms with van der Waals surface area (Å²) in [5.41, 5.74) is 4.32. The quantitative estimate of drug-likeness (QED) is 0.395. The summed E-state index contributed by atoms with van der Waals surface area (Å²) in [6, 6.07) is 19.2. The number of anilines is 1. The van der Waals surface area contributed by atoms with Crippen molar-refractivity contribution >= 4 is 49.1 Å². The third-order valence-corrected chi connectivity index (χ3v) is 6.21. The van der Waals surface area contributed by atoms with Crippen LogP contribution < -0.4 is 10.1 Å². The van der Waals surface area contributed by atoms with Crippen LogP contribution in [0.25, 0.3) is 20.8 Å². The molecule has 0 spiro atoms. The minimum absolute atomic E-state index is 0.173. The van der Waals surface area contributed by atoms with Gasteiger partial charge in [-0.15, -0.1) is 11.3 Å². The molecule has 0 aliphatic heterocycles. The molecule has 0 aliphatic rings. The molecule has 140 valence electrons. The first kappa shape index (κ1) is 18.7. The highest BCUT2D eigenvalue weighted by Gasteiger charge is 2.14. The van der Waals surface area contributed by atoms with Gasteiger partial charge in [-0.25, -0.2) is 4.98 Å². The first-order chi connectivity index (χ1) is 13.6. The summed E-state index contributed by atoms with van der Waals surface area (Å²) < 4.78 is 7.11. The minimum Gasteiger partial charge on any atom is -0.496 e. The molecule has 0 unspecified atom stereocenters. The largest absolute Gasteiger partial charge is 0.496 e. The summed E-state index contributed by atoms with van der Waals surface area (Å²) >= 11 is 5.07. The van der Waals surface area contributed by atoms with Crippen molar-refractivity contribution in [2.75, 3.05) is 12.4 Å². The number of benzene rings is 3. The fraction of sp³-hybridized carbons (Fsp3) is 0.0909. The standard InChI is InChI=1S/C22H17BrN2O2S/c1-13-15(22-25-18-7-3-4-9-20(18)28-22)6-5-8-17(13)24-21(26)14-10-11-19(27-2)16(23)12-14/h3-12H,1-2H3,(H,24,26). The maximum Gasteiger partial charge on any atom is 0.255 e. The van der Waals surface area contributed by atoms with E-state index in [2.05, 4.69) is 27.3 Å². The Bertz CT molecular complexity index is 1150. The van der Waals surface area contributed by atoms with E-state index in [4.69, 9.17) is 9.72 Å². The molecule has 0 fully saturated rings. The number of nitrogens with one attached hydrogen (secondary N) is 1. The van der Waals surface area contributed by atoms with Gasteiger partial charge in [-0.1, -0.05) is 24.3 Å². The normalized spacial score (nSPS) is 10.8. The first-order valence-electron chi connectivity index (χ1n) is 8.67. The summed E-state index contributed by atoms with van der Waals surface area (Å²) in [4.78, 5) is 17.5. The zero-order valence-corrected chi connectivity index (χ0v) is 17.7. The van der Waals surface area contributed by atoms with Gasteiger partial charge in [0.1, 0.15) is 10.8 Å². The highest BCUT2D eigenvalue weighted by atomic mass is 79.9. The third kappa shape index (κ3) is 3.53. The number of carbonyl (C=O) groups excluding carboxylic acids is 1. The van der Waals surface area contributed by atoms with Crippen LogP contribution in [0.1, 0.15) is 15.9 Å². The maximum atomic E-state index is 12.7. The number of amides is 1. The van der Waals surface area contributed by atoms with Crippen molar-refractivity contribution in [3.63, 3.8) is 0 Å². The second-order valence-electron chi connectivity index (χ2n) is 6.27. The molecule has 0 saturated heterocycles. The van der Waals surface area contributed by atoms with Crippen LogP contribution >= 0.6 is 27.3 Å². The van der Waals surface area contributed by atoms with Crippen LogP contribution in [-0.2, 0) is 0 Å². The zero-order chi connectivity index (χ0) is 19.7. The van der Waals surface area contributed by atoms with Crippen LogP contribution in [0.5, 0.6) is 5.75 Å². The number of methoxy groups -OCH3 is 1. The molecule has 0 bridgehead atoms. The van der Waals surface area contributed by atoms with E-state index < -0.39 is 0 Å². The van der Waals surface area contributed by atoms with E-state index in [9.17, 15) is 4.79 Å². The lowest BCUT2D eigenvalue weighted by molar-refractivity contribution is 0.102. The Balaban J connectivity index is 1.65. The van der Waals surface area contributed by atoms with Gasteiger partial charge in [-0.2, -0.15) is 0 Å². The first-order valence-corrected chi connectivity index (χ1v) is 10.3. The van der Waals surface area contributed by atoms with Crippen LogP contribution in [-0.4, -0.2) is 18.0 Å². The van der Waals surface area contributed by atoms with Gasteiger partial charge in [0.05, 0.1) is 21.8 Å². The van der Waals surface area contributed by atoms with E-state index in [1.807, 2.05) is 43.3 Å². The van der Waals surface area contributed by atoms with E-state index in [0.717, 1.165) is 36.5 Å². The van der Waals surface area contributed by atoms with Crippen LogP contribution in [0.2, 0.25) is 0 Å². The molecule has 4 aromatic rings. The number of aromatic nitrogens is 1. The van der Waals surface area contributed by atoms with Gasteiger partial charge in [-0.3, -0.25) is 4.79 Å². The van der Waals surface area contributed by atoms with Gasteiger partial charge >= 0.3 is 0 Å². The molecule has 6 heteroatoms. The monoisotopic (exact) mass is 452 g/mol. The highest BCUT2D eigenvalue weighted by molar-refractivity contribution is 9.10. The Morgan fingerprint density at radius 1 is 1.11 bits per heavy atom. The van der Waals surface area contributed by atoms with E-state index in [0.29, 0.717) is 11.3 Å². The smallest absolute Gasteiger partial charge is 0.255 e. The van der Waals surface area contributed by atoms with E-state index in [-0.39, 0.29) is 5.91 Å². The van der Waals surface area contributed by atoms with Crippen molar-refractivity contribution in [3.05, 3.63) is 76.3 Å². The number of ether oxygens (including phenoxy) is 1. The third-order valence-electron chi connectivity index (χ3n) is 4.52. The van der Waals surface area contributed by atoms with Gasteiger partial charge in [0, 0.05) is 16.8 Å². The van der Waals surface area contributed by atoms with E-state index >= 15 is 0 Å².